The fourth-order valence-electron chi connectivity index (χ4n) is 6.03. The van der Waals surface area contributed by atoms with Gasteiger partial charge >= 0.3 is 0 Å². The first-order valence-electron chi connectivity index (χ1n) is 15.5. The largest absolute Gasteiger partial charge is 0.489 e. The average molecular weight is 623 g/mol. The maximum atomic E-state index is 13.0. The Hall–Kier alpha value is -3.21. The summed E-state index contributed by atoms with van der Waals surface area (Å²) in [6, 6.07) is 12.3. The molecule has 0 amide bonds. The van der Waals surface area contributed by atoms with E-state index in [2.05, 4.69) is 72.7 Å². The molecule has 3 aromatic rings. The first-order valence-corrected chi connectivity index (χ1v) is 17.1. The van der Waals surface area contributed by atoms with Gasteiger partial charge in [0.15, 0.2) is 9.84 Å². The zero-order valence-electron chi connectivity index (χ0n) is 28.0. The minimum absolute atomic E-state index is 0.0178. The SMILES string of the molecule is Cc1cc(Nc2ncc(C)c(Nc3ccccc3S(=O)(=O)C(C)C)n2)c(OC(C)C)cc1[C@H]1CC[C@@H](N(C)C)C[C@@H]1N(C)C. The van der Waals surface area contributed by atoms with Gasteiger partial charge in [0.25, 0.3) is 0 Å². The van der Waals surface area contributed by atoms with E-state index >= 15 is 0 Å². The highest BCUT2D eigenvalue weighted by molar-refractivity contribution is 7.92. The molecular weight excluding hydrogens is 572 g/mol. The van der Waals surface area contributed by atoms with Gasteiger partial charge in [0, 0.05) is 23.8 Å². The van der Waals surface area contributed by atoms with Crippen LogP contribution in [0.15, 0.2) is 47.5 Å². The van der Waals surface area contributed by atoms with Gasteiger partial charge in [-0.2, -0.15) is 4.98 Å². The standard InChI is InChI=1S/C34H50N6O3S/c1-21(2)43-31-19-27(26-16-15-25(39(7)8)18-30(26)40(9)10)23(5)17-29(31)37-34-35-20-24(6)33(38-34)36-28-13-11-12-14-32(28)44(41,42)22(3)4/h11-14,17,19-22,25-26,30H,15-16,18H2,1-10H3,(H2,35,36,37,38)/t25-,26-,30+/m1/s1. The Balaban J connectivity index is 1.67. The van der Waals surface area contributed by atoms with E-state index < -0.39 is 15.1 Å². The van der Waals surface area contributed by atoms with Crippen molar-refractivity contribution in [2.75, 3.05) is 38.8 Å². The van der Waals surface area contributed by atoms with Crippen LogP contribution >= 0.6 is 0 Å². The zero-order valence-corrected chi connectivity index (χ0v) is 28.8. The highest BCUT2D eigenvalue weighted by Crippen LogP contribution is 2.42. The van der Waals surface area contributed by atoms with Gasteiger partial charge in [-0.15, -0.1) is 0 Å². The Morgan fingerprint density at radius 3 is 2.25 bits per heavy atom. The third-order valence-corrected chi connectivity index (χ3v) is 10.8. The van der Waals surface area contributed by atoms with Crippen molar-refractivity contribution in [2.45, 2.75) is 95.1 Å². The molecule has 0 spiro atoms. The second-order valence-electron chi connectivity index (χ2n) is 13.0. The van der Waals surface area contributed by atoms with Crippen LogP contribution in [-0.2, 0) is 9.84 Å². The molecule has 240 valence electrons. The molecule has 0 saturated heterocycles. The summed E-state index contributed by atoms with van der Waals surface area (Å²) >= 11 is 0. The van der Waals surface area contributed by atoms with E-state index in [1.165, 1.54) is 11.1 Å². The minimum Gasteiger partial charge on any atom is -0.489 e. The third kappa shape index (κ3) is 7.53. The van der Waals surface area contributed by atoms with Crippen LogP contribution in [0.2, 0.25) is 0 Å². The van der Waals surface area contributed by atoms with Crippen molar-refractivity contribution in [3.63, 3.8) is 0 Å². The molecule has 10 heteroatoms. The lowest BCUT2D eigenvalue weighted by atomic mass is 9.75. The number of aryl methyl sites for hydroxylation is 2. The molecule has 1 fully saturated rings. The summed E-state index contributed by atoms with van der Waals surface area (Å²) in [7, 11) is 5.23. The predicted molar refractivity (Wildman–Crippen MR) is 181 cm³/mol. The predicted octanol–water partition coefficient (Wildman–Crippen LogP) is 6.68. The molecule has 2 N–H and O–H groups in total. The van der Waals surface area contributed by atoms with Crippen LogP contribution in [-0.4, -0.2) is 79.8 Å². The van der Waals surface area contributed by atoms with Gasteiger partial charge in [-0.25, -0.2) is 13.4 Å². The number of sulfone groups is 1. The van der Waals surface area contributed by atoms with Crippen LogP contribution in [0.3, 0.4) is 0 Å². The first-order chi connectivity index (χ1) is 20.7. The summed E-state index contributed by atoms with van der Waals surface area (Å²) in [5.41, 5.74) is 4.58. The van der Waals surface area contributed by atoms with Crippen molar-refractivity contribution >= 4 is 33.0 Å². The molecule has 1 aromatic heterocycles. The summed E-state index contributed by atoms with van der Waals surface area (Å²) in [6.45, 7) is 11.5. The summed E-state index contributed by atoms with van der Waals surface area (Å²) in [6.07, 6.45) is 5.11. The Kier molecular flexibility index (Phi) is 10.6. The first kappa shape index (κ1) is 33.7. The molecule has 44 heavy (non-hydrogen) atoms. The van der Waals surface area contributed by atoms with E-state index in [1.807, 2.05) is 26.8 Å². The average Bonchev–Trinajstić information content (AvgIpc) is 2.95. The lowest BCUT2D eigenvalue weighted by molar-refractivity contribution is 0.126. The molecule has 1 heterocycles. The van der Waals surface area contributed by atoms with Crippen molar-refractivity contribution in [3.8, 4) is 5.75 Å². The number of likely N-dealkylation sites (N-methyl/N-ethyl adjacent to an activating group) is 1. The van der Waals surface area contributed by atoms with Crippen molar-refractivity contribution in [3.05, 3.63) is 59.3 Å². The molecule has 0 aliphatic heterocycles. The summed E-state index contributed by atoms with van der Waals surface area (Å²) in [4.78, 5) is 14.3. The van der Waals surface area contributed by atoms with Crippen LogP contribution in [0.25, 0.3) is 0 Å². The van der Waals surface area contributed by atoms with E-state index in [0.29, 0.717) is 35.5 Å². The molecule has 2 aromatic carbocycles. The summed E-state index contributed by atoms with van der Waals surface area (Å²) in [5, 5.41) is 6.11. The number of hydrogen-bond acceptors (Lipinski definition) is 9. The normalized spacial score (nSPS) is 19.2. The highest BCUT2D eigenvalue weighted by atomic mass is 32.2. The van der Waals surface area contributed by atoms with Crippen molar-refractivity contribution in [2.24, 2.45) is 0 Å². The molecular formula is C34H50N6O3S. The Morgan fingerprint density at radius 1 is 0.909 bits per heavy atom. The highest BCUT2D eigenvalue weighted by Gasteiger charge is 2.35. The number of anilines is 4. The minimum atomic E-state index is -3.49. The van der Waals surface area contributed by atoms with Crippen LogP contribution in [0.5, 0.6) is 5.75 Å². The Bertz CT molecular complexity index is 1550. The van der Waals surface area contributed by atoms with Gasteiger partial charge < -0.3 is 25.2 Å². The van der Waals surface area contributed by atoms with Gasteiger partial charge in [-0.1, -0.05) is 12.1 Å². The van der Waals surface area contributed by atoms with Gasteiger partial charge in [-0.3, -0.25) is 0 Å². The number of benzene rings is 2. The van der Waals surface area contributed by atoms with Crippen LogP contribution < -0.4 is 15.4 Å². The molecule has 0 radical (unpaired) electrons. The number of aromatic nitrogens is 2. The molecule has 4 rings (SSSR count). The maximum absolute atomic E-state index is 13.0. The van der Waals surface area contributed by atoms with Crippen molar-refractivity contribution in [1.29, 1.82) is 0 Å². The Morgan fingerprint density at radius 2 is 1.61 bits per heavy atom. The van der Waals surface area contributed by atoms with Crippen molar-refractivity contribution < 1.29 is 13.2 Å². The number of nitrogens with zero attached hydrogens (tertiary/aromatic N) is 4. The molecule has 1 aliphatic carbocycles. The fourth-order valence-corrected chi connectivity index (χ4v) is 7.23. The second-order valence-corrected chi connectivity index (χ2v) is 15.5. The van der Waals surface area contributed by atoms with E-state index in [9.17, 15) is 8.42 Å². The summed E-state index contributed by atoms with van der Waals surface area (Å²) < 4.78 is 32.4. The maximum Gasteiger partial charge on any atom is 0.229 e. The van der Waals surface area contributed by atoms with Crippen LogP contribution in [0, 0.1) is 13.8 Å². The smallest absolute Gasteiger partial charge is 0.229 e. The topological polar surface area (TPSA) is 99.7 Å². The quantitative estimate of drug-likeness (QED) is 0.243. The number of ether oxygens (including phenoxy) is 1. The van der Waals surface area contributed by atoms with E-state index in [1.54, 1.807) is 38.2 Å². The molecule has 0 unspecified atom stereocenters. The van der Waals surface area contributed by atoms with Crippen LogP contribution in [0.4, 0.5) is 23.1 Å². The molecule has 3 atom stereocenters. The molecule has 1 saturated carbocycles. The molecule has 0 bridgehead atoms. The lowest BCUT2D eigenvalue weighted by Gasteiger charge is -2.42. The van der Waals surface area contributed by atoms with E-state index in [0.717, 1.165) is 36.3 Å². The lowest BCUT2D eigenvalue weighted by Crippen LogP contribution is -2.45. The van der Waals surface area contributed by atoms with E-state index in [4.69, 9.17) is 9.72 Å². The van der Waals surface area contributed by atoms with Gasteiger partial charge in [0.1, 0.15) is 11.6 Å². The number of nitrogens with one attached hydrogen (secondary N) is 2. The monoisotopic (exact) mass is 622 g/mol. The fraction of sp³-hybridized carbons (Fsp3) is 0.529. The zero-order chi connectivity index (χ0) is 32.3. The van der Waals surface area contributed by atoms with Gasteiger partial charge in [0.05, 0.1) is 27.6 Å². The number of para-hydroxylation sites is 1. The Labute approximate surface area is 264 Å². The van der Waals surface area contributed by atoms with Crippen LogP contribution in [0.1, 0.15) is 69.6 Å². The van der Waals surface area contributed by atoms with E-state index in [-0.39, 0.29) is 11.0 Å². The molecule has 9 nitrogen and oxygen atoms in total. The second kappa shape index (κ2) is 13.8. The third-order valence-electron chi connectivity index (χ3n) is 8.60. The summed E-state index contributed by atoms with van der Waals surface area (Å²) in [5.74, 6) is 2.08. The number of hydrogen-bond donors (Lipinski definition) is 2. The molecule has 1 aliphatic rings. The number of rotatable bonds is 11. The van der Waals surface area contributed by atoms with Gasteiger partial charge in [0.2, 0.25) is 5.95 Å². The van der Waals surface area contributed by atoms with Crippen molar-refractivity contribution in [1.82, 2.24) is 19.8 Å². The van der Waals surface area contributed by atoms with Gasteiger partial charge in [-0.05, 0) is 130 Å².